The number of para-hydroxylation sites is 1. The van der Waals surface area contributed by atoms with E-state index in [-0.39, 0.29) is 16.4 Å². The molecule has 1 atom stereocenters. The highest BCUT2D eigenvalue weighted by atomic mass is 35.5. The van der Waals surface area contributed by atoms with Crippen LogP contribution in [0, 0.1) is 0 Å². The lowest BCUT2D eigenvalue weighted by Gasteiger charge is -2.08. The second kappa shape index (κ2) is 6.92. The molecule has 2 aromatic carbocycles. The number of hydrogen-bond donors (Lipinski definition) is 0. The zero-order valence-electron chi connectivity index (χ0n) is 14.9. The quantitative estimate of drug-likeness (QED) is 0.368. The van der Waals surface area contributed by atoms with Gasteiger partial charge in [-0.05, 0) is 11.6 Å². The lowest BCUT2D eigenvalue weighted by atomic mass is 10.0. The predicted octanol–water partition coefficient (Wildman–Crippen LogP) is 3.77. The summed E-state index contributed by atoms with van der Waals surface area (Å²) in [7, 11) is -2.27. The Labute approximate surface area is 167 Å². The minimum Gasteiger partial charge on any atom is -0.339 e. The molecule has 2 heterocycles. The molecule has 0 aliphatic heterocycles. The number of aryl methyl sites for hydroxylation is 1. The summed E-state index contributed by atoms with van der Waals surface area (Å²) >= 11 is 6.41. The van der Waals surface area contributed by atoms with Gasteiger partial charge in [-0.2, -0.15) is 8.42 Å². The molecule has 0 bridgehead atoms. The molecule has 0 saturated heterocycles. The minimum atomic E-state index is -3.96. The highest BCUT2D eigenvalue weighted by Gasteiger charge is 2.28. The first-order valence-corrected chi connectivity index (χ1v) is 10.3. The van der Waals surface area contributed by atoms with E-state index in [1.165, 1.54) is 18.7 Å². The van der Waals surface area contributed by atoms with Gasteiger partial charge in [0.25, 0.3) is 10.0 Å². The Morgan fingerprint density at radius 3 is 2.39 bits per heavy atom. The van der Waals surface area contributed by atoms with E-state index in [4.69, 9.17) is 11.6 Å². The summed E-state index contributed by atoms with van der Waals surface area (Å²) in [5.41, 5.74) is 1.30. The molecule has 0 aliphatic carbocycles. The van der Waals surface area contributed by atoms with Gasteiger partial charge in [0.05, 0.1) is 11.8 Å². The number of rotatable bonds is 5. The lowest BCUT2D eigenvalue weighted by Crippen LogP contribution is -2.13. The van der Waals surface area contributed by atoms with Gasteiger partial charge in [0, 0.05) is 30.4 Å². The highest BCUT2D eigenvalue weighted by Crippen LogP contribution is 2.31. The van der Waals surface area contributed by atoms with Crippen LogP contribution in [0.15, 0.2) is 78.3 Å². The largest absolute Gasteiger partial charge is 0.339 e. The minimum absolute atomic E-state index is 0.0970. The van der Waals surface area contributed by atoms with Gasteiger partial charge in [-0.25, -0.2) is 8.96 Å². The predicted molar refractivity (Wildman–Crippen MR) is 107 cm³/mol. The number of halogens is 1. The van der Waals surface area contributed by atoms with Crippen LogP contribution in [0.5, 0.6) is 0 Å². The maximum atomic E-state index is 13.1. The standard InChI is InChI=1S/C20H16ClN3O3S/c1-23-12-18(22-13-23)28(26,27)24-11-16(15-9-5-6-10-17(15)24)20(25)19(21)14-7-3-2-4-8-14/h2-13,19H,1H3. The van der Waals surface area contributed by atoms with Gasteiger partial charge < -0.3 is 4.57 Å². The Kier molecular flexibility index (Phi) is 4.56. The second-order valence-electron chi connectivity index (χ2n) is 6.38. The molecule has 0 aliphatic rings. The number of carbonyl (C=O) groups is 1. The molecule has 4 rings (SSSR count). The zero-order valence-corrected chi connectivity index (χ0v) is 16.4. The molecular weight excluding hydrogens is 398 g/mol. The Balaban J connectivity index is 1.87. The molecule has 1 unspecified atom stereocenters. The number of fused-ring (bicyclic) bond motifs is 1. The Bertz CT molecular complexity index is 1280. The molecule has 0 amide bonds. The number of hydrogen-bond acceptors (Lipinski definition) is 4. The van der Waals surface area contributed by atoms with Crippen molar-refractivity contribution in [1.29, 1.82) is 0 Å². The van der Waals surface area contributed by atoms with Crippen LogP contribution in [0.1, 0.15) is 21.3 Å². The SMILES string of the molecule is Cn1cnc(S(=O)(=O)n2cc(C(=O)C(Cl)c3ccccc3)c3ccccc32)c1. The molecule has 0 N–H and O–H groups in total. The molecular formula is C20H16ClN3O3S. The number of carbonyl (C=O) groups excluding carboxylic acids is 1. The number of imidazole rings is 1. The molecule has 0 radical (unpaired) electrons. The van der Waals surface area contributed by atoms with Crippen molar-refractivity contribution < 1.29 is 13.2 Å². The zero-order chi connectivity index (χ0) is 19.9. The molecule has 142 valence electrons. The normalized spacial score (nSPS) is 12.9. The first-order chi connectivity index (χ1) is 13.4. The third-order valence-corrected chi connectivity index (χ3v) is 6.48. The van der Waals surface area contributed by atoms with E-state index in [1.54, 1.807) is 60.1 Å². The Morgan fingerprint density at radius 1 is 1.04 bits per heavy atom. The lowest BCUT2D eigenvalue weighted by molar-refractivity contribution is 0.0988. The summed E-state index contributed by atoms with van der Waals surface area (Å²) in [5, 5.41) is -0.494. The van der Waals surface area contributed by atoms with Crippen LogP contribution in [0.4, 0.5) is 0 Å². The van der Waals surface area contributed by atoms with Crippen molar-refractivity contribution in [3.8, 4) is 0 Å². The first-order valence-electron chi connectivity index (χ1n) is 8.46. The van der Waals surface area contributed by atoms with Gasteiger partial charge in [-0.3, -0.25) is 4.79 Å². The van der Waals surface area contributed by atoms with E-state index in [0.717, 1.165) is 3.97 Å². The summed E-state index contributed by atoms with van der Waals surface area (Å²) in [4.78, 5) is 17.0. The summed E-state index contributed by atoms with van der Waals surface area (Å²) in [6.45, 7) is 0. The second-order valence-corrected chi connectivity index (χ2v) is 8.57. The van der Waals surface area contributed by atoms with Crippen LogP contribution in [0.2, 0.25) is 0 Å². The monoisotopic (exact) mass is 413 g/mol. The topological polar surface area (TPSA) is 74.0 Å². The van der Waals surface area contributed by atoms with E-state index in [0.29, 0.717) is 16.5 Å². The summed E-state index contributed by atoms with van der Waals surface area (Å²) in [6.07, 6.45) is 4.16. The molecule has 6 nitrogen and oxygen atoms in total. The highest BCUT2D eigenvalue weighted by molar-refractivity contribution is 7.90. The van der Waals surface area contributed by atoms with E-state index in [1.807, 2.05) is 6.07 Å². The van der Waals surface area contributed by atoms with Crippen molar-refractivity contribution in [2.75, 3.05) is 0 Å². The van der Waals surface area contributed by atoms with E-state index >= 15 is 0 Å². The molecule has 0 fully saturated rings. The molecule has 28 heavy (non-hydrogen) atoms. The van der Waals surface area contributed by atoms with Crippen LogP contribution in [-0.4, -0.2) is 27.7 Å². The van der Waals surface area contributed by atoms with E-state index < -0.39 is 15.4 Å². The van der Waals surface area contributed by atoms with Crippen molar-refractivity contribution in [1.82, 2.24) is 13.5 Å². The fourth-order valence-electron chi connectivity index (χ4n) is 3.08. The molecule has 0 spiro atoms. The Hall–Kier alpha value is -2.90. The van der Waals surface area contributed by atoms with Crippen LogP contribution in [0.25, 0.3) is 10.9 Å². The van der Waals surface area contributed by atoms with Gasteiger partial charge >= 0.3 is 0 Å². The number of nitrogens with zero attached hydrogens (tertiary/aromatic N) is 3. The van der Waals surface area contributed by atoms with Crippen LogP contribution in [-0.2, 0) is 17.1 Å². The Morgan fingerprint density at radius 2 is 1.71 bits per heavy atom. The van der Waals surface area contributed by atoms with Crippen molar-refractivity contribution >= 4 is 38.3 Å². The van der Waals surface area contributed by atoms with Gasteiger partial charge in [-0.1, -0.05) is 48.5 Å². The van der Waals surface area contributed by atoms with Gasteiger partial charge in [0.15, 0.2) is 10.8 Å². The van der Waals surface area contributed by atoms with E-state index in [2.05, 4.69) is 4.98 Å². The average molecular weight is 414 g/mol. The van der Waals surface area contributed by atoms with E-state index in [9.17, 15) is 13.2 Å². The van der Waals surface area contributed by atoms with Gasteiger partial charge in [0.1, 0.15) is 5.38 Å². The van der Waals surface area contributed by atoms with Crippen LogP contribution < -0.4 is 0 Å². The number of alkyl halides is 1. The maximum Gasteiger partial charge on any atom is 0.287 e. The molecule has 8 heteroatoms. The van der Waals surface area contributed by atoms with Crippen molar-refractivity contribution in [3.63, 3.8) is 0 Å². The van der Waals surface area contributed by atoms with Crippen LogP contribution in [0.3, 0.4) is 0 Å². The fraction of sp³-hybridized carbons (Fsp3) is 0.100. The van der Waals surface area contributed by atoms with Gasteiger partial charge in [0.2, 0.25) is 0 Å². The van der Waals surface area contributed by atoms with Crippen LogP contribution >= 0.6 is 11.6 Å². The number of aromatic nitrogens is 3. The van der Waals surface area contributed by atoms with Crippen molar-refractivity contribution in [3.05, 3.63) is 84.4 Å². The number of Topliss-reactive ketones (excluding diaryl/α,β-unsaturated/α-hetero) is 1. The smallest absolute Gasteiger partial charge is 0.287 e. The summed E-state index contributed by atoms with van der Waals surface area (Å²) < 4.78 is 28.8. The summed E-state index contributed by atoms with van der Waals surface area (Å²) in [6, 6.07) is 15.8. The molecule has 2 aromatic heterocycles. The first kappa shape index (κ1) is 18.5. The maximum absolute atomic E-state index is 13.1. The summed E-state index contributed by atoms with van der Waals surface area (Å²) in [5.74, 6) is -0.362. The third-order valence-electron chi connectivity index (χ3n) is 4.47. The van der Waals surface area contributed by atoms with Gasteiger partial charge in [-0.15, -0.1) is 11.6 Å². The van der Waals surface area contributed by atoms with Crippen molar-refractivity contribution in [2.45, 2.75) is 10.4 Å². The number of ketones is 1. The number of benzene rings is 2. The molecule has 4 aromatic rings. The molecule has 0 saturated carbocycles. The third kappa shape index (κ3) is 3.02. The average Bonchev–Trinajstić information content (AvgIpc) is 3.32. The van der Waals surface area contributed by atoms with Crippen molar-refractivity contribution in [2.24, 2.45) is 7.05 Å². The fourth-order valence-corrected chi connectivity index (χ4v) is 4.68.